The molecule has 2 aromatic rings. The number of hydrogen-bond donors (Lipinski definition) is 2. The summed E-state index contributed by atoms with van der Waals surface area (Å²) in [6.07, 6.45) is 1.08. The Morgan fingerprint density at radius 1 is 1.26 bits per heavy atom. The van der Waals surface area contributed by atoms with Gasteiger partial charge >= 0.3 is 6.03 Å². The molecule has 0 spiro atoms. The van der Waals surface area contributed by atoms with E-state index >= 15 is 0 Å². The number of carbonyl (C=O) groups is 1. The van der Waals surface area contributed by atoms with E-state index < -0.39 is 28.0 Å². The number of nitrogens with one attached hydrogen (secondary N) is 2. The summed E-state index contributed by atoms with van der Waals surface area (Å²) in [5, 5.41) is 5.23. The highest BCUT2D eigenvalue weighted by molar-refractivity contribution is 7.90. The molecule has 1 atom stereocenters. The fourth-order valence-corrected chi connectivity index (χ4v) is 4.20. The van der Waals surface area contributed by atoms with Gasteiger partial charge in [0.1, 0.15) is 23.5 Å². The molecular weight excluding hydrogens is 423 g/mol. The molecule has 0 saturated carbocycles. The monoisotopic (exact) mass is 448 g/mol. The van der Waals surface area contributed by atoms with Crippen molar-refractivity contribution in [3.63, 3.8) is 0 Å². The van der Waals surface area contributed by atoms with Gasteiger partial charge in [-0.25, -0.2) is 9.18 Å². The van der Waals surface area contributed by atoms with E-state index in [1.165, 1.54) is 36.4 Å². The second-order valence-electron chi connectivity index (χ2n) is 7.26. The predicted octanol–water partition coefficient (Wildman–Crippen LogP) is 3.23. The molecule has 2 amide bonds. The molecule has 0 aromatic heterocycles. The SMILES string of the molecule is CC(CNC(=O)Nc1cccc(S(=O)(=O)/N=C2\CCCN2C)c1)Oc1cccc(F)c1. The van der Waals surface area contributed by atoms with E-state index in [0.717, 1.165) is 13.0 Å². The summed E-state index contributed by atoms with van der Waals surface area (Å²) in [5.41, 5.74) is 0.317. The molecule has 8 nitrogen and oxygen atoms in total. The summed E-state index contributed by atoms with van der Waals surface area (Å²) in [4.78, 5) is 14.0. The van der Waals surface area contributed by atoms with Crippen LogP contribution >= 0.6 is 0 Å². The van der Waals surface area contributed by atoms with E-state index in [-0.39, 0.29) is 11.4 Å². The Hall–Kier alpha value is -3.14. The zero-order valence-electron chi connectivity index (χ0n) is 17.3. The summed E-state index contributed by atoms with van der Waals surface area (Å²) in [6, 6.07) is 11.1. The van der Waals surface area contributed by atoms with Crippen LogP contribution in [-0.2, 0) is 10.0 Å². The van der Waals surface area contributed by atoms with Gasteiger partial charge in [0, 0.05) is 31.8 Å². The molecule has 1 unspecified atom stereocenters. The van der Waals surface area contributed by atoms with Crippen LogP contribution in [0.4, 0.5) is 14.9 Å². The third-order valence-electron chi connectivity index (χ3n) is 4.63. The van der Waals surface area contributed by atoms with Crippen LogP contribution in [0.15, 0.2) is 57.8 Å². The van der Waals surface area contributed by atoms with Gasteiger partial charge in [0.25, 0.3) is 10.0 Å². The Balaban J connectivity index is 1.57. The van der Waals surface area contributed by atoms with Crippen LogP contribution in [0.1, 0.15) is 19.8 Å². The molecule has 1 heterocycles. The van der Waals surface area contributed by atoms with E-state index in [1.807, 2.05) is 11.9 Å². The normalized spacial score (nSPS) is 16.2. The van der Waals surface area contributed by atoms with Gasteiger partial charge in [0.05, 0.1) is 11.4 Å². The lowest BCUT2D eigenvalue weighted by Crippen LogP contribution is -2.36. The quantitative estimate of drug-likeness (QED) is 0.677. The van der Waals surface area contributed by atoms with E-state index in [1.54, 1.807) is 19.1 Å². The second kappa shape index (κ2) is 9.78. The van der Waals surface area contributed by atoms with E-state index in [9.17, 15) is 17.6 Å². The number of carbonyl (C=O) groups excluding carboxylic acids is 1. The molecule has 1 saturated heterocycles. The Bertz CT molecular complexity index is 1070. The van der Waals surface area contributed by atoms with E-state index in [0.29, 0.717) is 23.7 Å². The maximum Gasteiger partial charge on any atom is 0.319 e. The molecule has 1 fully saturated rings. The first-order valence-electron chi connectivity index (χ1n) is 9.85. The third kappa shape index (κ3) is 6.42. The van der Waals surface area contributed by atoms with Crippen molar-refractivity contribution in [1.29, 1.82) is 0 Å². The van der Waals surface area contributed by atoms with Gasteiger partial charge in [0.2, 0.25) is 0 Å². The fourth-order valence-electron chi connectivity index (χ4n) is 3.06. The number of halogens is 1. The van der Waals surface area contributed by atoms with Crippen LogP contribution in [0.5, 0.6) is 5.75 Å². The maximum atomic E-state index is 13.2. The van der Waals surface area contributed by atoms with Crippen molar-refractivity contribution in [2.75, 3.05) is 25.5 Å². The van der Waals surface area contributed by atoms with Gasteiger partial charge in [-0.2, -0.15) is 8.42 Å². The van der Waals surface area contributed by atoms with Gasteiger partial charge in [-0.05, 0) is 43.7 Å². The van der Waals surface area contributed by atoms with Crippen LogP contribution < -0.4 is 15.4 Å². The highest BCUT2D eigenvalue weighted by Gasteiger charge is 2.20. The Morgan fingerprint density at radius 2 is 2.03 bits per heavy atom. The molecule has 166 valence electrons. The molecule has 10 heteroatoms. The number of likely N-dealkylation sites (tertiary alicyclic amines) is 1. The first-order chi connectivity index (χ1) is 14.7. The number of amidine groups is 1. The summed E-state index contributed by atoms with van der Waals surface area (Å²) in [5.74, 6) is 0.487. The second-order valence-corrected chi connectivity index (χ2v) is 8.86. The highest BCUT2D eigenvalue weighted by atomic mass is 32.2. The Morgan fingerprint density at radius 3 is 2.74 bits per heavy atom. The molecule has 0 bridgehead atoms. The average molecular weight is 449 g/mol. The summed E-state index contributed by atoms with van der Waals surface area (Å²) in [7, 11) is -2.07. The molecule has 1 aliphatic heterocycles. The van der Waals surface area contributed by atoms with E-state index in [2.05, 4.69) is 15.0 Å². The van der Waals surface area contributed by atoms with Crippen molar-refractivity contribution < 1.29 is 22.3 Å². The van der Waals surface area contributed by atoms with Gasteiger partial charge in [-0.1, -0.05) is 12.1 Å². The zero-order chi connectivity index (χ0) is 22.4. The standard InChI is InChI=1S/C21H25FN4O4S/c1-15(30-18-8-3-6-16(22)12-18)14-23-21(27)24-17-7-4-9-19(13-17)31(28,29)25-20-10-5-11-26(20)2/h3-4,6-9,12-13,15H,5,10-11,14H2,1-2H3,(H2,23,24,27)/b25-20+. The van der Waals surface area contributed by atoms with Crippen LogP contribution in [0, 0.1) is 5.82 Å². The Labute approximate surface area is 181 Å². The van der Waals surface area contributed by atoms with Crippen LogP contribution in [0.25, 0.3) is 0 Å². The van der Waals surface area contributed by atoms with Crippen molar-refractivity contribution in [1.82, 2.24) is 10.2 Å². The lowest BCUT2D eigenvalue weighted by Gasteiger charge is -2.16. The van der Waals surface area contributed by atoms with E-state index in [4.69, 9.17) is 4.74 Å². The zero-order valence-corrected chi connectivity index (χ0v) is 18.2. The number of nitrogens with zero attached hydrogens (tertiary/aromatic N) is 2. The first-order valence-corrected chi connectivity index (χ1v) is 11.3. The highest BCUT2D eigenvalue weighted by Crippen LogP contribution is 2.20. The fraction of sp³-hybridized carbons (Fsp3) is 0.333. The first kappa shape index (κ1) is 22.5. The molecule has 0 radical (unpaired) electrons. The van der Waals surface area contributed by atoms with Gasteiger partial charge in [-0.15, -0.1) is 4.40 Å². The van der Waals surface area contributed by atoms with Gasteiger partial charge in [0.15, 0.2) is 0 Å². The van der Waals surface area contributed by atoms with Crippen LogP contribution in [0.2, 0.25) is 0 Å². The number of ether oxygens (including phenoxy) is 1. The van der Waals surface area contributed by atoms with Crippen molar-refractivity contribution >= 4 is 27.6 Å². The Kier molecular flexibility index (Phi) is 7.11. The van der Waals surface area contributed by atoms with Gasteiger partial charge in [-0.3, -0.25) is 0 Å². The molecule has 31 heavy (non-hydrogen) atoms. The van der Waals surface area contributed by atoms with Crippen molar-refractivity contribution in [2.24, 2.45) is 4.40 Å². The smallest absolute Gasteiger partial charge is 0.319 e. The molecule has 2 aromatic carbocycles. The molecular formula is C21H25FN4O4S. The predicted molar refractivity (Wildman–Crippen MR) is 116 cm³/mol. The number of amides is 2. The maximum absolute atomic E-state index is 13.2. The largest absolute Gasteiger partial charge is 0.489 e. The summed E-state index contributed by atoms with van der Waals surface area (Å²) in [6.45, 7) is 2.68. The molecule has 1 aliphatic rings. The molecule has 2 N–H and O–H groups in total. The number of anilines is 1. The minimum atomic E-state index is -3.87. The number of urea groups is 1. The minimum absolute atomic E-state index is 0.000839. The summed E-state index contributed by atoms with van der Waals surface area (Å²) >= 11 is 0. The van der Waals surface area contributed by atoms with Gasteiger partial charge < -0.3 is 20.3 Å². The van der Waals surface area contributed by atoms with Crippen molar-refractivity contribution in [3.05, 3.63) is 54.3 Å². The summed E-state index contributed by atoms with van der Waals surface area (Å²) < 4.78 is 47.9. The van der Waals surface area contributed by atoms with Crippen molar-refractivity contribution in [2.45, 2.75) is 30.8 Å². The number of rotatable bonds is 7. The molecule has 0 aliphatic carbocycles. The lowest BCUT2D eigenvalue weighted by molar-refractivity contribution is 0.211. The number of hydrogen-bond acceptors (Lipinski definition) is 4. The van der Waals surface area contributed by atoms with Crippen molar-refractivity contribution in [3.8, 4) is 5.75 Å². The average Bonchev–Trinajstić information content (AvgIpc) is 3.10. The number of sulfonamides is 1. The third-order valence-corrected chi connectivity index (χ3v) is 5.93. The number of benzene rings is 2. The minimum Gasteiger partial charge on any atom is -0.489 e. The lowest BCUT2D eigenvalue weighted by atomic mass is 10.3. The topological polar surface area (TPSA) is 100 Å². The van der Waals surface area contributed by atoms with Crippen LogP contribution in [0.3, 0.4) is 0 Å². The molecule has 3 rings (SSSR count). The van der Waals surface area contributed by atoms with Crippen LogP contribution in [-0.4, -0.2) is 51.4 Å².